The summed E-state index contributed by atoms with van der Waals surface area (Å²) in [5, 5.41) is 1.34. The molecule has 0 aromatic heterocycles. The summed E-state index contributed by atoms with van der Waals surface area (Å²) in [7, 11) is 0. The molecule has 2 atom stereocenters. The molecule has 0 spiro atoms. The molecule has 2 nitrogen and oxygen atoms in total. The van der Waals surface area contributed by atoms with E-state index in [9.17, 15) is 4.79 Å². The molecule has 0 radical (unpaired) electrons. The minimum Gasteiger partial charge on any atom is -0.363 e. The Morgan fingerprint density at radius 2 is 1.76 bits per heavy atom. The van der Waals surface area contributed by atoms with Crippen molar-refractivity contribution >= 4 is 34.7 Å². The van der Waals surface area contributed by atoms with Crippen LogP contribution in [0.1, 0.15) is 25.7 Å². The molecule has 3 rings (SSSR count). The highest BCUT2D eigenvalue weighted by molar-refractivity contribution is 6.36. The van der Waals surface area contributed by atoms with Gasteiger partial charge in [0.05, 0.1) is 10.7 Å². The van der Waals surface area contributed by atoms with Gasteiger partial charge < -0.3 is 4.90 Å². The average molecular weight is 270 g/mol. The van der Waals surface area contributed by atoms with Crippen LogP contribution in [0.2, 0.25) is 10.0 Å². The van der Waals surface area contributed by atoms with Gasteiger partial charge in [-0.3, -0.25) is 4.79 Å². The summed E-state index contributed by atoms with van der Waals surface area (Å²) in [4.78, 5) is 13.9. The number of halogens is 2. The zero-order valence-corrected chi connectivity index (χ0v) is 10.8. The van der Waals surface area contributed by atoms with E-state index in [-0.39, 0.29) is 0 Å². The monoisotopic (exact) mass is 269 g/mol. The molecular weight excluding hydrogens is 257 g/mol. The van der Waals surface area contributed by atoms with E-state index in [1.165, 1.54) is 0 Å². The van der Waals surface area contributed by atoms with Crippen molar-refractivity contribution in [1.82, 2.24) is 0 Å². The maximum atomic E-state index is 11.6. The maximum Gasteiger partial charge on any atom is 0.137 e. The zero-order valence-electron chi connectivity index (χ0n) is 9.33. The average Bonchev–Trinajstić information content (AvgIpc) is 2.53. The number of fused-ring (bicyclic) bond motifs is 2. The topological polar surface area (TPSA) is 20.3 Å². The highest BCUT2D eigenvalue weighted by Crippen LogP contribution is 2.41. The van der Waals surface area contributed by atoms with Crippen LogP contribution in [0.3, 0.4) is 0 Å². The van der Waals surface area contributed by atoms with Gasteiger partial charge in [-0.05, 0) is 31.0 Å². The summed E-state index contributed by atoms with van der Waals surface area (Å²) < 4.78 is 0. The number of nitrogens with zero attached hydrogens (tertiary/aromatic N) is 1. The van der Waals surface area contributed by atoms with Gasteiger partial charge in [-0.1, -0.05) is 23.2 Å². The van der Waals surface area contributed by atoms with Crippen molar-refractivity contribution in [3.63, 3.8) is 0 Å². The van der Waals surface area contributed by atoms with Gasteiger partial charge in [-0.2, -0.15) is 0 Å². The standard InChI is InChI=1S/C13H13Cl2NO/c14-8-1-4-13(12(15)5-8)16-9-2-3-10(16)7-11(17)6-9/h1,4-5,9-10H,2-3,6-7H2. The number of carbonyl (C=O) groups excluding carboxylic acids is 1. The number of rotatable bonds is 1. The number of carbonyl (C=O) groups is 1. The number of anilines is 1. The Morgan fingerprint density at radius 1 is 1.12 bits per heavy atom. The summed E-state index contributed by atoms with van der Waals surface area (Å²) in [6.45, 7) is 0. The van der Waals surface area contributed by atoms with Gasteiger partial charge in [0, 0.05) is 29.9 Å². The molecule has 0 amide bonds. The SMILES string of the molecule is O=C1CC2CCC(C1)N2c1ccc(Cl)cc1Cl. The van der Waals surface area contributed by atoms with E-state index >= 15 is 0 Å². The van der Waals surface area contributed by atoms with Crippen LogP contribution in [0.4, 0.5) is 5.69 Å². The summed E-state index contributed by atoms with van der Waals surface area (Å²) in [5.41, 5.74) is 1.02. The first kappa shape index (κ1) is 11.4. The fraction of sp³-hybridized carbons (Fsp3) is 0.462. The van der Waals surface area contributed by atoms with Crippen molar-refractivity contribution in [2.45, 2.75) is 37.8 Å². The lowest BCUT2D eigenvalue weighted by atomic mass is 10.0. The molecule has 90 valence electrons. The summed E-state index contributed by atoms with van der Waals surface area (Å²) in [6, 6.07) is 6.26. The van der Waals surface area contributed by atoms with Crippen molar-refractivity contribution in [2.24, 2.45) is 0 Å². The fourth-order valence-corrected chi connectivity index (χ4v) is 3.56. The molecule has 1 aromatic carbocycles. The Balaban J connectivity index is 1.97. The van der Waals surface area contributed by atoms with Crippen LogP contribution in [0, 0.1) is 0 Å². The molecule has 17 heavy (non-hydrogen) atoms. The second-order valence-corrected chi connectivity index (χ2v) is 5.68. The van der Waals surface area contributed by atoms with Crippen LogP contribution in [0.15, 0.2) is 18.2 Å². The second-order valence-electron chi connectivity index (χ2n) is 4.83. The highest BCUT2D eigenvalue weighted by Gasteiger charge is 2.40. The molecule has 1 aromatic rings. The second kappa shape index (κ2) is 4.18. The van der Waals surface area contributed by atoms with E-state index in [0.717, 1.165) is 18.5 Å². The predicted molar refractivity (Wildman–Crippen MR) is 70.0 cm³/mol. The normalized spacial score (nSPS) is 27.6. The van der Waals surface area contributed by atoms with Gasteiger partial charge in [0.15, 0.2) is 0 Å². The Labute approximate surface area is 111 Å². The molecule has 4 heteroatoms. The van der Waals surface area contributed by atoms with Crippen LogP contribution < -0.4 is 4.90 Å². The number of hydrogen-bond acceptors (Lipinski definition) is 2. The lowest BCUT2D eigenvalue weighted by Crippen LogP contribution is -2.43. The van der Waals surface area contributed by atoms with Crippen LogP contribution >= 0.6 is 23.2 Å². The van der Waals surface area contributed by atoms with E-state index < -0.39 is 0 Å². The van der Waals surface area contributed by atoms with E-state index in [1.54, 1.807) is 6.07 Å². The van der Waals surface area contributed by atoms with Crippen LogP contribution in [-0.2, 0) is 4.79 Å². The lowest BCUT2D eigenvalue weighted by molar-refractivity contribution is -0.120. The van der Waals surface area contributed by atoms with E-state index in [4.69, 9.17) is 23.2 Å². The smallest absolute Gasteiger partial charge is 0.137 e. The number of Topliss-reactive ketones (excluding diaryl/α,β-unsaturated/α-hetero) is 1. The lowest BCUT2D eigenvalue weighted by Gasteiger charge is -2.36. The minimum absolute atomic E-state index is 0.333. The van der Waals surface area contributed by atoms with E-state index in [1.807, 2.05) is 12.1 Å². The molecule has 0 N–H and O–H groups in total. The Morgan fingerprint density at radius 3 is 2.35 bits per heavy atom. The molecule has 2 aliphatic rings. The van der Waals surface area contributed by atoms with Gasteiger partial charge in [0.2, 0.25) is 0 Å². The van der Waals surface area contributed by atoms with Crippen LogP contribution in [-0.4, -0.2) is 17.9 Å². The summed E-state index contributed by atoms with van der Waals surface area (Å²) in [6.07, 6.45) is 3.51. The predicted octanol–water partition coefficient (Wildman–Crippen LogP) is 3.69. The van der Waals surface area contributed by atoms with Gasteiger partial charge >= 0.3 is 0 Å². The van der Waals surface area contributed by atoms with Gasteiger partial charge in [-0.25, -0.2) is 0 Å². The first-order chi connectivity index (χ1) is 8.15. The Kier molecular flexibility index (Phi) is 2.80. The molecule has 0 aliphatic carbocycles. The Bertz CT molecular complexity index is 458. The van der Waals surface area contributed by atoms with Crippen molar-refractivity contribution in [1.29, 1.82) is 0 Å². The third kappa shape index (κ3) is 1.94. The van der Waals surface area contributed by atoms with Crippen molar-refractivity contribution in [2.75, 3.05) is 4.90 Å². The molecular formula is C13H13Cl2NO. The van der Waals surface area contributed by atoms with Crippen molar-refractivity contribution in [3.05, 3.63) is 28.2 Å². The quantitative estimate of drug-likeness (QED) is 0.775. The summed E-state index contributed by atoms with van der Waals surface area (Å²) >= 11 is 12.2. The molecule has 2 saturated heterocycles. The number of benzene rings is 1. The largest absolute Gasteiger partial charge is 0.363 e. The van der Waals surface area contributed by atoms with Gasteiger partial charge in [0.1, 0.15) is 5.78 Å². The molecule has 2 heterocycles. The van der Waals surface area contributed by atoms with E-state index in [0.29, 0.717) is 40.8 Å². The van der Waals surface area contributed by atoms with Crippen molar-refractivity contribution < 1.29 is 4.79 Å². The Hall–Kier alpha value is -0.730. The molecule has 0 saturated carbocycles. The van der Waals surface area contributed by atoms with Crippen molar-refractivity contribution in [3.8, 4) is 0 Å². The first-order valence-electron chi connectivity index (χ1n) is 5.90. The third-order valence-electron chi connectivity index (χ3n) is 3.73. The van der Waals surface area contributed by atoms with Crippen LogP contribution in [0.25, 0.3) is 0 Å². The van der Waals surface area contributed by atoms with Gasteiger partial charge in [-0.15, -0.1) is 0 Å². The first-order valence-corrected chi connectivity index (χ1v) is 6.66. The van der Waals surface area contributed by atoms with Crippen LogP contribution in [0.5, 0.6) is 0 Å². The molecule has 2 aliphatic heterocycles. The fourth-order valence-electron chi connectivity index (χ4n) is 3.05. The zero-order chi connectivity index (χ0) is 12.0. The van der Waals surface area contributed by atoms with Gasteiger partial charge in [0.25, 0.3) is 0 Å². The number of hydrogen-bond donors (Lipinski definition) is 0. The molecule has 2 bridgehead atoms. The highest BCUT2D eigenvalue weighted by atomic mass is 35.5. The minimum atomic E-state index is 0.333. The van der Waals surface area contributed by atoms with E-state index in [2.05, 4.69) is 4.90 Å². The maximum absolute atomic E-state index is 11.6. The number of ketones is 1. The summed E-state index contributed by atoms with van der Waals surface area (Å²) in [5.74, 6) is 0.388. The number of piperidine rings is 1. The molecule has 2 unspecified atom stereocenters. The third-order valence-corrected chi connectivity index (χ3v) is 4.27. The molecule has 2 fully saturated rings.